The molecule has 0 atom stereocenters. The van der Waals surface area contributed by atoms with Crippen LogP contribution in [0.3, 0.4) is 0 Å². The van der Waals surface area contributed by atoms with Crippen molar-refractivity contribution in [2.24, 2.45) is 0 Å². The van der Waals surface area contributed by atoms with Crippen LogP contribution in [0, 0.1) is 0 Å². The van der Waals surface area contributed by atoms with Crippen molar-refractivity contribution in [2.75, 3.05) is 43.8 Å². The Bertz CT molecular complexity index is 1030. The molecule has 3 aromatic rings. The second kappa shape index (κ2) is 10.8. The normalized spacial score (nSPS) is 14.1. The Balaban J connectivity index is 1.27. The van der Waals surface area contributed by atoms with Crippen molar-refractivity contribution in [1.29, 1.82) is 0 Å². The summed E-state index contributed by atoms with van der Waals surface area (Å²) in [5.74, 6) is 5.38. The fraction of sp³-hybridized carbons (Fsp3) is 0.250. The van der Waals surface area contributed by atoms with Gasteiger partial charge in [-0.1, -0.05) is 12.1 Å². The number of rotatable bonds is 9. The third-order valence-electron chi connectivity index (χ3n) is 4.82. The average Bonchev–Trinajstić information content (AvgIpc) is 3.34. The van der Waals surface area contributed by atoms with Crippen molar-refractivity contribution < 1.29 is 14.2 Å². The summed E-state index contributed by atoms with van der Waals surface area (Å²) in [6.07, 6.45) is 3.86. The minimum absolute atomic E-state index is 0.479. The first-order valence-corrected chi connectivity index (χ1v) is 11.5. The summed E-state index contributed by atoms with van der Waals surface area (Å²) in [5, 5.41) is 3.37. The molecule has 1 aliphatic heterocycles. The maximum absolute atomic E-state index is 5.89. The number of nitrogens with zero attached hydrogens (tertiary/aromatic N) is 3. The predicted octanol–water partition coefficient (Wildman–Crippen LogP) is 4.43. The highest BCUT2D eigenvalue weighted by Crippen LogP contribution is 2.23. The maximum atomic E-state index is 5.89. The van der Waals surface area contributed by atoms with E-state index in [4.69, 9.17) is 14.2 Å². The number of likely N-dealkylation sites (N-methyl/N-ethyl adjacent to an activating group) is 1. The zero-order chi connectivity index (χ0) is 22.2. The van der Waals surface area contributed by atoms with Crippen LogP contribution in [0.5, 0.6) is 23.1 Å². The lowest BCUT2D eigenvalue weighted by molar-refractivity contribution is 0.325. The molecule has 0 spiro atoms. The number of thioether (sulfide) groups is 1. The number of anilines is 1. The van der Waals surface area contributed by atoms with Crippen molar-refractivity contribution in [3.05, 3.63) is 72.1 Å². The molecule has 1 saturated heterocycles. The molecule has 1 aromatic heterocycles. The van der Waals surface area contributed by atoms with E-state index in [1.54, 1.807) is 19.4 Å². The molecule has 0 aliphatic carbocycles. The van der Waals surface area contributed by atoms with Crippen molar-refractivity contribution in [3.63, 3.8) is 0 Å². The summed E-state index contributed by atoms with van der Waals surface area (Å²) >= 11 is 1.89. The van der Waals surface area contributed by atoms with Crippen LogP contribution >= 0.6 is 11.8 Å². The van der Waals surface area contributed by atoms with Gasteiger partial charge >= 0.3 is 0 Å². The fourth-order valence-electron chi connectivity index (χ4n) is 3.05. The van der Waals surface area contributed by atoms with Gasteiger partial charge in [0.2, 0.25) is 11.8 Å². The minimum atomic E-state index is 0.479. The molecule has 2 heterocycles. The van der Waals surface area contributed by atoms with Gasteiger partial charge in [0.25, 0.3) is 0 Å². The van der Waals surface area contributed by atoms with Gasteiger partial charge in [-0.15, -0.1) is 11.8 Å². The number of ether oxygens (including phenoxy) is 3. The van der Waals surface area contributed by atoms with Crippen molar-refractivity contribution in [3.8, 4) is 23.1 Å². The van der Waals surface area contributed by atoms with E-state index < -0.39 is 0 Å². The van der Waals surface area contributed by atoms with Crippen LogP contribution in [-0.4, -0.2) is 48.9 Å². The third kappa shape index (κ3) is 6.07. The Morgan fingerprint density at radius 3 is 2.50 bits per heavy atom. The van der Waals surface area contributed by atoms with E-state index in [0.29, 0.717) is 30.7 Å². The largest absolute Gasteiger partial charge is 0.497 e. The number of hydrogen-bond donors (Lipinski definition) is 1. The highest BCUT2D eigenvalue weighted by atomic mass is 32.2. The lowest BCUT2D eigenvalue weighted by atomic mass is 10.2. The van der Waals surface area contributed by atoms with E-state index in [2.05, 4.69) is 33.5 Å². The van der Waals surface area contributed by atoms with Gasteiger partial charge in [0.15, 0.2) is 0 Å². The standard InChI is InChI=1S/C24H26N4O3S/c1-28(13-14-30-21-5-3-18(4-6-21)15-19-16-32-17-26-19)24-25-12-11-23(27-24)31-22-9-7-20(29-2)8-10-22/h3-12,15,26H,13-14,16-17H2,1-2H3/b19-15-. The average molecular weight is 451 g/mol. The molecule has 0 saturated carbocycles. The van der Waals surface area contributed by atoms with Gasteiger partial charge in [-0.05, 0) is 48.0 Å². The first-order chi connectivity index (χ1) is 15.7. The molecule has 2 aromatic carbocycles. The molecule has 1 N–H and O–H groups in total. The quantitative estimate of drug-likeness (QED) is 0.514. The monoisotopic (exact) mass is 450 g/mol. The summed E-state index contributed by atoms with van der Waals surface area (Å²) in [5.41, 5.74) is 2.44. The zero-order valence-corrected chi connectivity index (χ0v) is 19.0. The minimum Gasteiger partial charge on any atom is -0.497 e. The summed E-state index contributed by atoms with van der Waals surface area (Å²) in [7, 11) is 3.56. The Morgan fingerprint density at radius 2 is 1.78 bits per heavy atom. The topological polar surface area (TPSA) is 68.7 Å². The lowest BCUT2D eigenvalue weighted by Crippen LogP contribution is -2.25. The molecule has 1 aliphatic rings. The number of methoxy groups -OCH3 is 1. The van der Waals surface area contributed by atoms with Crippen LogP contribution in [0.2, 0.25) is 0 Å². The first-order valence-electron chi connectivity index (χ1n) is 10.3. The Morgan fingerprint density at radius 1 is 1.03 bits per heavy atom. The van der Waals surface area contributed by atoms with E-state index in [1.807, 2.05) is 60.1 Å². The number of hydrogen-bond acceptors (Lipinski definition) is 8. The van der Waals surface area contributed by atoms with Crippen LogP contribution in [-0.2, 0) is 0 Å². The summed E-state index contributed by atoms with van der Waals surface area (Å²) in [4.78, 5) is 10.8. The Kier molecular flexibility index (Phi) is 7.34. The molecule has 0 radical (unpaired) electrons. The molecule has 0 amide bonds. The second-order valence-electron chi connectivity index (χ2n) is 7.15. The summed E-state index contributed by atoms with van der Waals surface area (Å²) in [6, 6.07) is 17.2. The Labute approximate surface area is 192 Å². The van der Waals surface area contributed by atoms with E-state index in [1.165, 1.54) is 11.3 Å². The van der Waals surface area contributed by atoms with Gasteiger partial charge in [0, 0.05) is 30.8 Å². The van der Waals surface area contributed by atoms with Gasteiger partial charge in [-0.25, -0.2) is 4.98 Å². The third-order valence-corrected chi connectivity index (χ3v) is 5.68. The number of benzene rings is 2. The van der Waals surface area contributed by atoms with Crippen molar-refractivity contribution >= 4 is 23.8 Å². The van der Waals surface area contributed by atoms with Crippen LogP contribution in [0.4, 0.5) is 5.95 Å². The van der Waals surface area contributed by atoms with Crippen molar-refractivity contribution in [1.82, 2.24) is 15.3 Å². The Hall–Kier alpha value is -3.39. The van der Waals surface area contributed by atoms with Crippen LogP contribution in [0.15, 0.2) is 66.5 Å². The second-order valence-corrected chi connectivity index (χ2v) is 8.14. The molecule has 166 valence electrons. The molecular weight excluding hydrogens is 424 g/mol. The highest BCUT2D eigenvalue weighted by Gasteiger charge is 2.08. The van der Waals surface area contributed by atoms with Gasteiger partial charge < -0.3 is 24.4 Å². The highest BCUT2D eigenvalue weighted by molar-refractivity contribution is 7.99. The predicted molar refractivity (Wildman–Crippen MR) is 129 cm³/mol. The van der Waals surface area contributed by atoms with Crippen molar-refractivity contribution in [2.45, 2.75) is 0 Å². The molecule has 1 fully saturated rings. The summed E-state index contributed by atoms with van der Waals surface area (Å²) in [6.45, 7) is 1.15. The molecule has 0 unspecified atom stereocenters. The van der Waals surface area contributed by atoms with E-state index in [9.17, 15) is 0 Å². The first kappa shape index (κ1) is 21.8. The van der Waals surface area contributed by atoms with Gasteiger partial charge in [-0.2, -0.15) is 4.98 Å². The lowest BCUT2D eigenvalue weighted by Gasteiger charge is -2.18. The van der Waals surface area contributed by atoms with E-state index in [0.717, 1.165) is 23.1 Å². The SMILES string of the molecule is COc1ccc(Oc2ccnc(N(C)CCOc3ccc(/C=C4/CSCN4)cc3)n2)cc1. The molecule has 7 nitrogen and oxygen atoms in total. The van der Waals surface area contributed by atoms with E-state index >= 15 is 0 Å². The smallest absolute Gasteiger partial charge is 0.228 e. The molecular formula is C24H26N4O3S. The molecule has 32 heavy (non-hydrogen) atoms. The van der Waals surface area contributed by atoms with Crippen LogP contribution in [0.1, 0.15) is 5.56 Å². The van der Waals surface area contributed by atoms with Crippen LogP contribution in [0.25, 0.3) is 6.08 Å². The summed E-state index contributed by atoms with van der Waals surface area (Å²) < 4.78 is 16.9. The number of aromatic nitrogens is 2. The van der Waals surface area contributed by atoms with E-state index in [-0.39, 0.29) is 0 Å². The van der Waals surface area contributed by atoms with Crippen LogP contribution < -0.4 is 24.4 Å². The fourth-order valence-corrected chi connectivity index (χ4v) is 3.84. The van der Waals surface area contributed by atoms with Gasteiger partial charge in [0.1, 0.15) is 23.9 Å². The van der Waals surface area contributed by atoms with Gasteiger partial charge in [-0.3, -0.25) is 0 Å². The maximum Gasteiger partial charge on any atom is 0.228 e. The van der Waals surface area contributed by atoms with Gasteiger partial charge in [0.05, 0.1) is 19.5 Å². The molecule has 4 rings (SSSR count). The zero-order valence-electron chi connectivity index (χ0n) is 18.2. The number of nitrogens with one attached hydrogen (secondary N) is 1. The molecule has 8 heteroatoms. The molecule has 0 bridgehead atoms.